The number of rotatable bonds is 4. The molecule has 0 saturated carbocycles. The topological polar surface area (TPSA) is 51.2 Å². The van der Waals surface area contributed by atoms with E-state index in [1.165, 1.54) is 13.8 Å². The number of Topliss-reactive ketones (excluding diaryl/α,β-unsaturated/α-hetero) is 2. The lowest BCUT2D eigenvalue weighted by Crippen LogP contribution is -2.15. The van der Waals surface area contributed by atoms with Gasteiger partial charge in [0.1, 0.15) is 7.14 Å². The molecule has 0 atom stereocenters. The molecule has 21 heavy (non-hydrogen) atoms. The Balaban J connectivity index is 2.38. The fourth-order valence-corrected chi connectivity index (χ4v) is 3.84. The molecule has 0 unspecified atom stereocenters. The first-order chi connectivity index (χ1) is 9.82. The van der Waals surface area contributed by atoms with Gasteiger partial charge in [-0.3, -0.25) is 9.59 Å². The summed E-state index contributed by atoms with van der Waals surface area (Å²) in [7, 11) is -2.72. The van der Waals surface area contributed by atoms with Gasteiger partial charge in [0.25, 0.3) is 0 Å². The minimum absolute atomic E-state index is 0.0155. The average molecular weight is 300 g/mol. The maximum atomic E-state index is 13.0. The first-order valence-electron chi connectivity index (χ1n) is 6.63. The van der Waals surface area contributed by atoms with Crippen molar-refractivity contribution >= 4 is 29.3 Å². The lowest BCUT2D eigenvalue weighted by Gasteiger charge is -2.14. The van der Waals surface area contributed by atoms with Crippen LogP contribution >= 0.6 is 7.14 Å². The second-order valence-corrected chi connectivity index (χ2v) is 8.01. The van der Waals surface area contributed by atoms with Gasteiger partial charge in [0, 0.05) is 21.7 Å². The van der Waals surface area contributed by atoms with E-state index in [0.29, 0.717) is 21.7 Å². The van der Waals surface area contributed by atoms with Gasteiger partial charge in [-0.25, -0.2) is 0 Å². The van der Waals surface area contributed by atoms with Crippen LogP contribution in [0.15, 0.2) is 48.5 Å². The monoisotopic (exact) mass is 300 g/mol. The molecule has 0 amide bonds. The second-order valence-electron chi connectivity index (χ2n) is 5.13. The summed E-state index contributed by atoms with van der Waals surface area (Å²) in [4.78, 5) is 22.6. The Morgan fingerprint density at radius 3 is 1.24 bits per heavy atom. The van der Waals surface area contributed by atoms with Gasteiger partial charge >= 0.3 is 0 Å². The van der Waals surface area contributed by atoms with E-state index in [2.05, 4.69) is 0 Å². The van der Waals surface area contributed by atoms with Gasteiger partial charge in [-0.15, -0.1) is 0 Å². The van der Waals surface area contributed by atoms with E-state index < -0.39 is 7.14 Å². The fraction of sp³-hybridized carbons (Fsp3) is 0.176. The third-order valence-corrected chi connectivity index (χ3v) is 6.10. The largest absolute Gasteiger partial charge is 0.314 e. The predicted molar refractivity (Wildman–Crippen MR) is 85.7 cm³/mol. The maximum absolute atomic E-state index is 13.0. The van der Waals surface area contributed by atoms with Crippen molar-refractivity contribution in [3.63, 3.8) is 0 Å². The van der Waals surface area contributed by atoms with Crippen LogP contribution in [0.1, 0.15) is 34.6 Å². The molecule has 0 fully saturated rings. The van der Waals surface area contributed by atoms with Gasteiger partial charge in [-0.05, 0) is 20.5 Å². The highest BCUT2D eigenvalue weighted by atomic mass is 31.2. The van der Waals surface area contributed by atoms with Crippen LogP contribution in [0.25, 0.3) is 0 Å². The average Bonchev–Trinajstić information content (AvgIpc) is 2.47. The Morgan fingerprint density at radius 2 is 1.00 bits per heavy atom. The molecule has 3 nitrogen and oxygen atoms in total. The molecular weight excluding hydrogens is 283 g/mol. The predicted octanol–water partition coefficient (Wildman–Crippen LogP) is 3.04. The molecule has 0 spiro atoms. The Bertz CT molecular complexity index is 666. The zero-order valence-corrected chi connectivity index (χ0v) is 13.2. The Hall–Kier alpha value is -1.99. The van der Waals surface area contributed by atoms with Crippen molar-refractivity contribution in [1.82, 2.24) is 0 Å². The van der Waals surface area contributed by atoms with Crippen LogP contribution in [0.4, 0.5) is 0 Å². The summed E-state index contributed by atoms with van der Waals surface area (Å²) in [5.74, 6) is -0.0309. The van der Waals surface area contributed by atoms with Crippen molar-refractivity contribution in [2.75, 3.05) is 6.66 Å². The van der Waals surface area contributed by atoms with Crippen LogP contribution in [0.5, 0.6) is 0 Å². The lowest BCUT2D eigenvalue weighted by atomic mass is 10.1. The van der Waals surface area contributed by atoms with Crippen molar-refractivity contribution in [2.45, 2.75) is 13.8 Å². The van der Waals surface area contributed by atoms with Gasteiger partial charge in [-0.1, -0.05) is 48.5 Å². The number of carbonyl (C=O) groups excluding carboxylic acids is 2. The van der Waals surface area contributed by atoms with Crippen LogP contribution < -0.4 is 10.6 Å². The summed E-state index contributed by atoms with van der Waals surface area (Å²) in [6.07, 6.45) is 0. The summed E-state index contributed by atoms with van der Waals surface area (Å²) in [5, 5.41) is 1.39. The molecular formula is C17H17O3P. The number of carbonyl (C=O) groups is 2. The van der Waals surface area contributed by atoms with Gasteiger partial charge in [0.2, 0.25) is 0 Å². The molecule has 0 saturated heterocycles. The third-order valence-electron chi connectivity index (χ3n) is 3.53. The molecule has 2 rings (SSSR count). The molecule has 0 heterocycles. The Morgan fingerprint density at radius 1 is 0.714 bits per heavy atom. The lowest BCUT2D eigenvalue weighted by molar-refractivity contribution is 0.100. The summed E-state index contributed by atoms with van der Waals surface area (Å²) in [6, 6.07) is 13.7. The van der Waals surface area contributed by atoms with Crippen molar-refractivity contribution < 1.29 is 14.2 Å². The zero-order chi connectivity index (χ0) is 15.6. The fourth-order valence-electron chi connectivity index (χ4n) is 2.11. The van der Waals surface area contributed by atoms with Crippen LogP contribution in [-0.2, 0) is 4.57 Å². The maximum Gasteiger partial charge on any atom is 0.159 e. The summed E-state index contributed by atoms with van der Waals surface area (Å²) in [5.41, 5.74) is 1.20. The molecule has 0 aliphatic heterocycles. The van der Waals surface area contributed by atoms with E-state index in [1.807, 2.05) is 0 Å². The molecule has 2 aromatic carbocycles. The smallest absolute Gasteiger partial charge is 0.159 e. The highest BCUT2D eigenvalue weighted by Crippen LogP contribution is 2.38. The van der Waals surface area contributed by atoms with Gasteiger partial charge < -0.3 is 4.57 Å². The van der Waals surface area contributed by atoms with E-state index in [-0.39, 0.29) is 11.6 Å². The minimum atomic E-state index is -2.72. The first kappa shape index (κ1) is 15.4. The van der Waals surface area contributed by atoms with E-state index >= 15 is 0 Å². The molecule has 0 bridgehead atoms. The molecule has 2 aromatic rings. The quantitative estimate of drug-likeness (QED) is 0.644. The third kappa shape index (κ3) is 3.20. The normalized spacial score (nSPS) is 11.2. The highest BCUT2D eigenvalue weighted by molar-refractivity contribution is 7.78. The van der Waals surface area contributed by atoms with E-state index in [9.17, 15) is 14.2 Å². The highest BCUT2D eigenvalue weighted by Gasteiger charge is 2.21. The molecule has 0 aliphatic carbocycles. The van der Waals surface area contributed by atoms with Crippen LogP contribution in [0, 0.1) is 0 Å². The first-order valence-corrected chi connectivity index (χ1v) is 8.78. The van der Waals surface area contributed by atoms with E-state index in [4.69, 9.17) is 0 Å². The van der Waals surface area contributed by atoms with Crippen molar-refractivity contribution in [1.29, 1.82) is 0 Å². The van der Waals surface area contributed by atoms with Gasteiger partial charge in [0.05, 0.1) is 0 Å². The molecule has 0 aromatic heterocycles. The van der Waals surface area contributed by atoms with Crippen molar-refractivity contribution in [3.05, 3.63) is 59.7 Å². The van der Waals surface area contributed by atoms with Crippen LogP contribution in [0.2, 0.25) is 0 Å². The second kappa shape index (κ2) is 5.79. The number of hydrogen-bond acceptors (Lipinski definition) is 3. The standard InChI is InChI=1S/C17H17O3P/c1-12(18)14-4-8-16(9-5-14)21(3,20)17-10-6-15(7-11-17)13(2)19/h4-11H,1-3H3. The molecule has 0 N–H and O–H groups in total. The van der Waals surface area contributed by atoms with Gasteiger partial charge in [0.15, 0.2) is 11.6 Å². The number of hydrogen-bond donors (Lipinski definition) is 0. The molecule has 0 aliphatic rings. The Kier molecular flexibility index (Phi) is 4.24. The molecule has 108 valence electrons. The molecule has 0 radical (unpaired) electrons. The van der Waals surface area contributed by atoms with Crippen molar-refractivity contribution in [2.24, 2.45) is 0 Å². The van der Waals surface area contributed by atoms with E-state index in [1.54, 1.807) is 55.2 Å². The minimum Gasteiger partial charge on any atom is -0.314 e. The van der Waals surface area contributed by atoms with E-state index in [0.717, 1.165) is 0 Å². The van der Waals surface area contributed by atoms with Crippen LogP contribution in [0.3, 0.4) is 0 Å². The van der Waals surface area contributed by atoms with Crippen LogP contribution in [-0.4, -0.2) is 18.2 Å². The van der Waals surface area contributed by atoms with Gasteiger partial charge in [-0.2, -0.15) is 0 Å². The van der Waals surface area contributed by atoms with Crippen molar-refractivity contribution in [3.8, 4) is 0 Å². The summed E-state index contributed by atoms with van der Waals surface area (Å²) < 4.78 is 13.0. The molecule has 4 heteroatoms. The number of ketones is 2. The summed E-state index contributed by atoms with van der Waals surface area (Å²) >= 11 is 0. The summed E-state index contributed by atoms with van der Waals surface area (Å²) in [6.45, 7) is 4.70. The zero-order valence-electron chi connectivity index (χ0n) is 12.3. The number of benzene rings is 2. The Labute approximate surface area is 124 Å². The SMILES string of the molecule is CC(=O)c1ccc(P(C)(=O)c2ccc(C(C)=O)cc2)cc1.